The van der Waals surface area contributed by atoms with Crippen LogP contribution >= 0.6 is 0 Å². The summed E-state index contributed by atoms with van der Waals surface area (Å²) in [5.74, 6) is 68.3. The summed E-state index contributed by atoms with van der Waals surface area (Å²) in [5, 5.41) is 28.7. The predicted molar refractivity (Wildman–Crippen MR) is 293 cm³/mol. The van der Waals surface area contributed by atoms with Gasteiger partial charge in [0, 0.05) is 94.9 Å². The molecule has 17 nitrogen and oxygen atoms in total. The van der Waals surface area contributed by atoms with E-state index in [0.717, 1.165) is 91.7 Å². The van der Waals surface area contributed by atoms with E-state index in [-0.39, 0.29) is 27.1 Å². The van der Waals surface area contributed by atoms with Gasteiger partial charge in [-0.3, -0.25) is 9.98 Å². The maximum absolute atomic E-state index is 9.29. The number of nitriles is 1. The van der Waals surface area contributed by atoms with Crippen molar-refractivity contribution in [2.45, 2.75) is 51.6 Å². The van der Waals surface area contributed by atoms with Crippen LogP contribution in [0.15, 0.2) is 84.3 Å². The number of aliphatic imine (C=N–C) groups is 1. The van der Waals surface area contributed by atoms with Gasteiger partial charge in [-0.1, -0.05) is 17.2 Å². The van der Waals surface area contributed by atoms with Crippen molar-refractivity contribution in [3.05, 3.63) is 76.5 Å². The third-order valence-electron chi connectivity index (χ3n) is 10.4. The number of aromatic nitrogens is 3. The van der Waals surface area contributed by atoms with E-state index in [1.54, 1.807) is 6.92 Å². The number of fused-ring (bicyclic) bond motifs is 3. The summed E-state index contributed by atoms with van der Waals surface area (Å²) in [6, 6.07) is 12.3. The molecule has 1 fully saturated rings. The summed E-state index contributed by atoms with van der Waals surface area (Å²) in [6.07, 6.45) is 13.7. The quantitative estimate of drug-likeness (QED) is 0.101. The normalized spacial score (nSPS) is 13.7. The second-order valence-electron chi connectivity index (χ2n) is 14.3. The summed E-state index contributed by atoms with van der Waals surface area (Å²) < 4.78 is 0. The van der Waals surface area contributed by atoms with Gasteiger partial charge in [-0.25, -0.2) is 9.97 Å². The number of benzene rings is 1. The molecule has 5 heterocycles. The number of nitrogens with one attached hydrogen (secondary N) is 1. The van der Waals surface area contributed by atoms with Crippen molar-refractivity contribution in [3.8, 4) is 161 Å². The lowest BCUT2D eigenvalue weighted by Gasteiger charge is -2.42. The highest BCUT2D eigenvalue weighted by Crippen LogP contribution is 2.51. The van der Waals surface area contributed by atoms with Crippen molar-refractivity contribution < 1.29 is 15.7 Å². The Bertz CT molecular complexity index is 3650. The van der Waals surface area contributed by atoms with Crippen molar-refractivity contribution >= 4 is 17.3 Å². The molecule has 7 rings (SSSR count). The third-order valence-corrected chi connectivity index (χ3v) is 10.4. The first-order valence-corrected chi connectivity index (χ1v) is 21.3. The number of aryl methyl sites for hydroxylation is 1. The highest BCUT2D eigenvalue weighted by Gasteiger charge is 2.46. The minimum absolute atomic E-state index is 0. The lowest BCUT2D eigenvalue weighted by Crippen LogP contribution is -2.44. The van der Waals surface area contributed by atoms with E-state index in [2.05, 4.69) is 223 Å². The fourth-order valence-electron chi connectivity index (χ4n) is 7.37. The first kappa shape index (κ1) is 51.6. The van der Waals surface area contributed by atoms with E-state index < -0.39 is 0 Å². The van der Waals surface area contributed by atoms with Crippen LogP contribution in [0.1, 0.15) is 81.7 Å². The fourth-order valence-corrected chi connectivity index (χ4v) is 7.37. The second kappa shape index (κ2) is 29.3. The molecule has 0 radical (unpaired) electrons. The Hall–Kier alpha value is -11.3. The molecular formula is C55H57N17. The van der Waals surface area contributed by atoms with E-state index in [4.69, 9.17) is 32.6 Å². The number of pyridine rings is 1. The molecule has 0 saturated carbocycles. The summed E-state index contributed by atoms with van der Waals surface area (Å²) in [7, 11) is 0. The van der Waals surface area contributed by atoms with Gasteiger partial charge in [0.25, 0.3) is 0 Å². The fraction of sp³-hybridized carbons (Fsp3) is 0.218. The van der Waals surface area contributed by atoms with Crippen LogP contribution in [0.2, 0.25) is 0 Å². The van der Waals surface area contributed by atoms with Gasteiger partial charge in [0.1, 0.15) is 11.5 Å². The summed E-state index contributed by atoms with van der Waals surface area (Å²) in [6.45, 7) is 4.99. The van der Waals surface area contributed by atoms with E-state index in [1.165, 1.54) is 5.56 Å². The molecule has 0 unspecified atom stereocenters. The number of amidine groups is 1. The van der Waals surface area contributed by atoms with E-state index in [9.17, 15) is 5.26 Å². The highest BCUT2D eigenvalue weighted by atomic mass is 15.6. The van der Waals surface area contributed by atoms with Crippen LogP contribution < -0.4 is 21.4 Å². The van der Waals surface area contributed by atoms with Crippen molar-refractivity contribution in [1.82, 2.24) is 15.0 Å². The number of piperidine rings is 1. The Morgan fingerprint density at radius 2 is 1.33 bits per heavy atom. The van der Waals surface area contributed by atoms with Crippen molar-refractivity contribution in [1.29, 1.82) is 10.8 Å². The molecule has 3 aliphatic heterocycles. The monoisotopic (exact) mass is 955 g/mol. The lowest BCUT2D eigenvalue weighted by molar-refractivity contribution is 0.187. The molecule has 72 heavy (non-hydrogen) atoms. The van der Waals surface area contributed by atoms with E-state index in [1.807, 2.05) is 30.6 Å². The smallest absolute Gasteiger partial charge is 0.156 e. The third kappa shape index (κ3) is 15.6. The highest BCUT2D eigenvalue weighted by molar-refractivity contribution is 6.11. The molecule has 4 aliphatic rings. The molecule has 1 saturated heterocycles. The minimum atomic E-state index is -0.0214. The molecule has 1 aromatic carbocycles. The van der Waals surface area contributed by atoms with Crippen molar-refractivity contribution in [2.75, 3.05) is 29.4 Å². The summed E-state index contributed by atoms with van der Waals surface area (Å²) >= 11 is 0. The number of rotatable bonds is 4. The van der Waals surface area contributed by atoms with Gasteiger partial charge in [0.15, 0.2) is 5.84 Å². The van der Waals surface area contributed by atoms with Crippen molar-refractivity contribution in [3.63, 3.8) is 0 Å². The van der Waals surface area contributed by atoms with Crippen LogP contribution in [-0.4, -0.2) is 40.4 Å². The largest absolute Gasteiger partial charge is 0.355 e. The Morgan fingerprint density at radius 1 is 0.750 bits per heavy atom. The number of hydrogen-bond acceptors (Lipinski definition) is 10. The van der Waals surface area contributed by atoms with E-state index in [0.29, 0.717) is 12.1 Å². The Labute approximate surface area is 434 Å². The van der Waals surface area contributed by atoms with Gasteiger partial charge < -0.3 is 21.4 Å². The minimum Gasteiger partial charge on any atom is -0.355 e. The molecule has 0 amide bonds. The van der Waals surface area contributed by atoms with Crippen LogP contribution in [0.4, 0.5) is 11.5 Å². The van der Waals surface area contributed by atoms with E-state index >= 15 is 0 Å². The number of anilines is 2. The zero-order chi connectivity index (χ0) is 50.9. The van der Waals surface area contributed by atoms with Crippen LogP contribution in [0.3, 0.4) is 0 Å². The van der Waals surface area contributed by atoms with Gasteiger partial charge in [-0.05, 0) is 206 Å². The first-order valence-electron chi connectivity index (χ1n) is 21.3. The lowest BCUT2D eigenvalue weighted by atomic mass is 9.73. The maximum Gasteiger partial charge on any atom is 0.156 e. The van der Waals surface area contributed by atoms with Crippen LogP contribution in [0, 0.1) is 177 Å². The van der Waals surface area contributed by atoms with Gasteiger partial charge in [-0.2, -0.15) is 10.8 Å². The molecule has 1 atom stereocenters. The predicted octanol–water partition coefficient (Wildman–Crippen LogP) is 7.68. The Morgan fingerprint density at radius 3 is 1.90 bits per heavy atom. The second-order valence-corrected chi connectivity index (χ2v) is 14.3. The number of nitrogens with zero attached hydrogens (tertiary/aromatic N) is 14. The molecule has 2 aromatic heterocycles. The standard InChI is InChI=1S/C28H28N8.C27H4.H3N9.11H2/c29-15-18-5-6-19-14-28(26(30)20(19)13-18)7-11-35(12-8-28)24-17-32-25-22(34-24)16-33-27(25)36-10-2-3-21-23(36)4-1-9-31-21;1-3-5-7-9-11-13-15-17-19-21-23-25-27-26-24-22-20-18-16-14-12-10-8-6-4-2;1-3-5-7-9-8-6-4-2;;;;;;;;;;;/h1,4-6,9,13,17,26H,2-3,7-8,10-12,14,16,30H2;1H,2H3;(H3,1,2,5,6,9);11*1H/t26-;;;;;;;;;;;;;/m1............./s1. The Balaban J connectivity index is -0.000000223. The zero-order valence-electron chi connectivity index (χ0n) is 38.5. The zero-order valence-corrected chi connectivity index (χ0v) is 38.5. The molecule has 5 N–H and O–H groups in total. The molecule has 17 heteroatoms. The van der Waals surface area contributed by atoms with Gasteiger partial charge >= 0.3 is 0 Å². The maximum atomic E-state index is 9.29. The molecule has 1 spiro atoms. The van der Waals surface area contributed by atoms with Gasteiger partial charge in [-0.15, -0.1) is 6.42 Å². The molecule has 0 bridgehead atoms. The molecule has 3 aromatic rings. The number of terminal acetylenes is 1. The first-order chi connectivity index (χ1) is 35.5. The van der Waals surface area contributed by atoms with Crippen molar-refractivity contribution in [2.24, 2.45) is 58.5 Å². The Kier molecular flexibility index (Phi) is 21.0. The SMILES string of the molecule is C#CC#CC#CC#CC#CC#CC#CC#CC#CC#CC#CC#CC#CC.N#Cc1ccc2c(c1)[C@@H](N)C1(CCN(c3cnc4c(n3)CN=C4N3CCCc4ncccc43)CC1)C2.N=N/N=N/N=N/N=N/N.[HH].[HH].[HH].[HH].[HH].[HH].[HH].[HH].[HH].[HH].[HH]. The van der Waals surface area contributed by atoms with Crippen LogP contribution in [-0.2, 0) is 19.4 Å². The topological polar surface area (TPSA) is 244 Å². The van der Waals surface area contributed by atoms with Crippen LogP contribution in [0.5, 0.6) is 0 Å². The summed E-state index contributed by atoms with van der Waals surface area (Å²) in [4.78, 5) is 23.9. The number of hydrogen-bond donors (Lipinski definition) is 3. The average Bonchev–Trinajstić information content (AvgIpc) is 3.96. The summed E-state index contributed by atoms with van der Waals surface area (Å²) in [5.41, 5.74) is 20.2. The van der Waals surface area contributed by atoms with Gasteiger partial charge in [0.2, 0.25) is 0 Å². The molecular weight excluding hydrogens is 899 g/mol. The van der Waals surface area contributed by atoms with Crippen LogP contribution in [0.25, 0.3) is 0 Å². The molecule has 1 aliphatic carbocycles. The average molecular weight is 956 g/mol. The molecule has 362 valence electrons. The number of nitrogens with two attached hydrogens (primary N) is 2. The van der Waals surface area contributed by atoms with Gasteiger partial charge in [0.05, 0.1) is 41.4 Å².